The minimum absolute atomic E-state index is 0.0162. The van der Waals surface area contributed by atoms with Crippen molar-refractivity contribution in [1.29, 1.82) is 0 Å². The van der Waals surface area contributed by atoms with Crippen LogP contribution in [0, 0.1) is 23.2 Å². The lowest BCUT2D eigenvalue weighted by atomic mass is 9.81. The van der Waals surface area contributed by atoms with Gasteiger partial charge in [0.25, 0.3) is 11.9 Å². The number of fused-ring (bicyclic) bond motifs is 7. The maximum absolute atomic E-state index is 14.4. The van der Waals surface area contributed by atoms with Crippen molar-refractivity contribution in [2.24, 2.45) is 23.2 Å². The summed E-state index contributed by atoms with van der Waals surface area (Å²) in [5.41, 5.74) is 1.82. The smallest absolute Gasteiger partial charge is 0.297 e. The highest BCUT2D eigenvalue weighted by molar-refractivity contribution is 7.91. The average molecular weight is 793 g/mol. The number of ether oxygens (including phenoxy) is 1. The van der Waals surface area contributed by atoms with Crippen molar-refractivity contribution in [3.8, 4) is 16.6 Å². The maximum Gasteiger partial charge on any atom is 0.297 e. The first-order chi connectivity index (χ1) is 25.9. The van der Waals surface area contributed by atoms with E-state index in [1.807, 2.05) is 39.8 Å². The highest BCUT2D eigenvalue weighted by atomic mass is 32.2. The van der Waals surface area contributed by atoms with E-state index in [0.717, 1.165) is 53.0 Å². The second-order valence-electron chi connectivity index (χ2n) is 17.8. The molecule has 1 saturated heterocycles. The number of aromatic nitrogens is 3. The van der Waals surface area contributed by atoms with Gasteiger partial charge in [0.2, 0.25) is 21.8 Å². The van der Waals surface area contributed by atoms with Crippen LogP contribution in [0.3, 0.4) is 0 Å². The van der Waals surface area contributed by atoms with E-state index in [0.29, 0.717) is 12.4 Å². The van der Waals surface area contributed by atoms with Crippen LogP contribution in [-0.2, 0) is 30.8 Å². The number of hydrogen-bond acceptors (Lipinski definition) is 9. The molecule has 14 heteroatoms. The number of para-hydroxylation sites is 1. The molecule has 2 aliphatic heterocycles. The van der Waals surface area contributed by atoms with Crippen molar-refractivity contribution in [2.45, 2.75) is 135 Å². The number of benzene rings is 1. The second kappa shape index (κ2) is 14.3. The largest absolute Gasteiger partial charge is 0.459 e. The molecule has 2 aromatic heterocycles. The molecule has 3 amide bonds. The van der Waals surface area contributed by atoms with Crippen LogP contribution in [0.5, 0.6) is 6.01 Å². The Morgan fingerprint density at radius 1 is 1.11 bits per heavy atom. The topological polar surface area (TPSA) is 153 Å². The number of thiazole rings is 1. The van der Waals surface area contributed by atoms with Crippen LogP contribution in [0.4, 0.5) is 0 Å². The lowest BCUT2D eigenvalue weighted by molar-refractivity contribution is -0.144. The molecular formula is C41H56N6O6S2. The Balaban J connectivity index is 1.30. The average Bonchev–Trinajstić information content (AvgIpc) is 3.87. The summed E-state index contributed by atoms with van der Waals surface area (Å²) in [6, 6.07) is 5.53. The molecule has 7 rings (SSSR count). The lowest BCUT2D eigenvalue weighted by Crippen LogP contribution is -2.57. The number of likely N-dealkylation sites (tertiary alicyclic amines) is 1. The first-order valence-electron chi connectivity index (χ1n) is 19.8. The number of hydrogen-bond donors (Lipinski definition) is 2. The molecule has 2 N–H and O–H groups in total. The van der Waals surface area contributed by atoms with Gasteiger partial charge in [-0.25, -0.2) is 13.4 Å². The SMILES string of the molecule is C=C[C@@H]1C[C@@]12NC(=O)[C@@H]1C[C@H](CN1C(=O)[C@@H](C)C(C)(C)C)Oc1nc3c(cccc3n1C(C)C)-c1nc(C(C)C)c(s1)CCCC[C@@H]1C[C@@H]1S(=O)(=O)NC2=O. The van der Waals surface area contributed by atoms with Crippen molar-refractivity contribution < 1.29 is 27.5 Å². The molecule has 3 fully saturated rings. The van der Waals surface area contributed by atoms with Gasteiger partial charge in [0.15, 0.2) is 0 Å². The number of carbonyl (C=O) groups excluding carboxylic acids is 3. The molecule has 3 aromatic rings. The Hall–Kier alpha value is -3.78. The van der Waals surface area contributed by atoms with E-state index in [-0.39, 0.29) is 48.6 Å². The summed E-state index contributed by atoms with van der Waals surface area (Å²) in [4.78, 5) is 55.4. The van der Waals surface area contributed by atoms with Crippen molar-refractivity contribution in [3.63, 3.8) is 0 Å². The molecule has 4 aliphatic rings. The minimum atomic E-state index is -3.97. The number of nitrogens with one attached hydrogen (secondary N) is 2. The quantitative estimate of drug-likeness (QED) is 0.284. The summed E-state index contributed by atoms with van der Waals surface area (Å²) in [5.74, 6) is -2.17. The van der Waals surface area contributed by atoms with E-state index in [9.17, 15) is 22.8 Å². The van der Waals surface area contributed by atoms with E-state index in [2.05, 4.69) is 54.9 Å². The molecule has 0 unspecified atom stereocenters. The van der Waals surface area contributed by atoms with Crippen LogP contribution in [0.25, 0.3) is 21.6 Å². The Bertz CT molecular complexity index is 2130. The number of rotatable bonds is 4. The van der Waals surface area contributed by atoms with Crippen molar-refractivity contribution in [2.75, 3.05) is 6.54 Å². The fourth-order valence-corrected chi connectivity index (χ4v) is 11.4. The van der Waals surface area contributed by atoms with Gasteiger partial charge in [0.05, 0.1) is 23.0 Å². The second-order valence-corrected chi connectivity index (χ2v) is 20.8. The first-order valence-corrected chi connectivity index (χ1v) is 22.2. The summed E-state index contributed by atoms with van der Waals surface area (Å²) in [6.07, 6.45) is 5.20. The van der Waals surface area contributed by atoms with Gasteiger partial charge in [-0.15, -0.1) is 17.9 Å². The van der Waals surface area contributed by atoms with Gasteiger partial charge in [-0.1, -0.05) is 60.1 Å². The Labute approximate surface area is 328 Å². The molecule has 12 nitrogen and oxygen atoms in total. The lowest BCUT2D eigenvalue weighted by Gasteiger charge is -2.33. The van der Waals surface area contributed by atoms with E-state index >= 15 is 0 Å². The molecule has 0 radical (unpaired) electrons. The highest BCUT2D eigenvalue weighted by Gasteiger charge is 2.62. The van der Waals surface area contributed by atoms with Crippen LogP contribution in [0.1, 0.15) is 116 Å². The van der Waals surface area contributed by atoms with Crippen LogP contribution in [-0.4, -0.2) is 75.1 Å². The predicted octanol–water partition coefficient (Wildman–Crippen LogP) is 6.52. The summed E-state index contributed by atoms with van der Waals surface area (Å²) >= 11 is 1.68. The molecule has 7 atom stereocenters. The standard InChI is InChI=1S/C41H56N6O6S2/c1-10-26-20-41(26)38(50)45-55(51,52)32-18-25(32)14-11-12-17-31-33(22(2)3)42-36(54-31)28-15-13-16-29-34(28)43-39(47(29)23(4)5)53-27-19-30(35(48)44-41)46(21-27)37(49)24(6)40(7,8)9/h10,13,15-16,22-27,30,32H,1,11-12,14,17-21H2,2-9H3,(H,44,48)(H,45,50)/t24-,25-,26-,27-,30+,32+,41-/m1/s1. The molecule has 6 bridgehead atoms. The van der Waals surface area contributed by atoms with Crippen molar-refractivity contribution >= 4 is 50.1 Å². The van der Waals surface area contributed by atoms with Gasteiger partial charge < -0.3 is 15.0 Å². The van der Waals surface area contributed by atoms with Gasteiger partial charge in [0, 0.05) is 34.7 Å². The summed E-state index contributed by atoms with van der Waals surface area (Å²) in [6.45, 7) is 20.3. The normalized spacial score (nSPS) is 28.8. The van der Waals surface area contributed by atoms with Crippen molar-refractivity contribution in [1.82, 2.24) is 29.5 Å². The molecule has 2 aliphatic carbocycles. The number of aryl methyl sites for hydroxylation is 1. The zero-order valence-electron chi connectivity index (χ0n) is 33.3. The van der Waals surface area contributed by atoms with Gasteiger partial charge in [-0.2, -0.15) is 4.98 Å². The third kappa shape index (κ3) is 7.33. The third-order valence-corrected chi connectivity index (χ3v) is 15.3. The summed E-state index contributed by atoms with van der Waals surface area (Å²) in [5, 5.41) is 3.16. The van der Waals surface area contributed by atoms with Crippen LogP contribution < -0.4 is 14.8 Å². The zero-order valence-corrected chi connectivity index (χ0v) is 35.0. The Morgan fingerprint density at radius 3 is 2.51 bits per heavy atom. The highest BCUT2D eigenvalue weighted by Crippen LogP contribution is 2.47. The number of sulfonamides is 1. The van der Waals surface area contributed by atoms with Crippen molar-refractivity contribution in [3.05, 3.63) is 41.4 Å². The van der Waals surface area contributed by atoms with E-state index in [1.165, 1.54) is 4.88 Å². The first kappa shape index (κ1) is 39.5. The molecule has 55 heavy (non-hydrogen) atoms. The zero-order chi connectivity index (χ0) is 39.8. The molecule has 2 saturated carbocycles. The maximum atomic E-state index is 14.4. The van der Waals surface area contributed by atoms with E-state index in [4.69, 9.17) is 14.7 Å². The van der Waals surface area contributed by atoms with Gasteiger partial charge >= 0.3 is 0 Å². The summed E-state index contributed by atoms with van der Waals surface area (Å²) < 4.78 is 38.1. The van der Waals surface area contributed by atoms with Crippen LogP contribution in [0.15, 0.2) is 30.9 Å². The third-order valence-electron chi connectivity index (χ3n) is 12.3. The summed E-state index contributed by atoms with van der Waals surface area (Å²) in [7, 11) is -3.97. The molecule has 1 spiro atoms. The van der Waals surface area contributed by atoms with E-state index < -0.39 is 56.6 Å². The van der Waals surface area contributed by atoms with E-state index in [1.54, 1.807) is 22.3 Å². The molecule has 4 heterocycles. The van der Waals surface area contributed by atoms with Crippen LogP contribution in [0.2, 0.25) is 0 Å². The molecule has 1 aromatic carbocycles. The van der Waals surface area contributed by atoms with Crippen LogP contribution >= 0.6 is 11.3 Å². The minimum Gasteiger partial charge on any atom is -0.459 e. The number of imidazole rings is 1. The fourth-order valence-electron chi connectivity index (χ4n) is 8.33. The monoisotopic (exact) mass is 792 g/mol. The number of nitrogens with zero attached hydrogens (tertiary/aromatic N) is 4. The van der Waals surface area contributed by atoms with Gasteiger partial charge in [-0.3, -0.25) is 23.7 Å². The Kier molecular flexibility index (Phi) is 10.3. The fraction of sp³-hybridized carbons (Fsp3) is 0.634. The predicted molar refractivity (Wildman–Crippen MR) is 214 cm³/mol. The molecule has 298 valence electrons. The van der Waals surface area contributed by atoms with Gasteiger partial charge in [0.1, 0.15) is 28.2 Å². The number of amides is 3. The molecular weight excluding hydrogens is 737 g/mol. The Morgan fingerprint density at radius 2 is 1.85 bits per heavy atom. The number of carbonyl (C=O) groups is 3. The van der Waals surface area contributed by atoms with Gasteiger partial charge in [-0.05, 0) is 75.3 Å².